The van der Waals surface area contributed by atoms with Crippen molar-refractivity contribution in [3.05, 3.63) is 29.8 Å². The van der Waals surface area contributed by atoms with Crippen molar-refractivity contribution in [2.24, 2.45) is 5.73 Å². The number of hydrogen-bond donors (Lipinski definition) is 1. The van der Waals surface area contributed by atoms with E-state index in [1.807, 2.05) is 18.2 Å². The molecule has 0 bridgehead atoms. The SMILES string of the molecule is COCc1cccc(OC2CCC(N)CC2)c1. The normalized spacial score (nSPS) is 24.6. The van der Waals surface area contributed by atoms with Crippen LogP contribution in [-0.4, -0.2) is 19.3 Å². The molecule has 0 radical (unpaired) electrons. The average molecular weight is 235 g/mol. The minimum atomic E-state index is 0.326. The van der Waals surface area contributed by atoms with E-state index in [1.54, 1.807) is 7.11 Å². The van der Waals surface area contributed by atoms with Crippen molar-refractivity contribution in [3.8, 4) is 5.75 Å². The fourth-order valence-electron chi connectivity index (χ4n) is 2.27. The van der Waals surface area contributed by atoms with Crippen LogP contribution in [0.25, 0.3) is 0 Å². The fourth-order valence-corrected chi connectivity index (χ4v) is 2.27. The lowest BCUT2D eigenvalue weighted by Gasteiger charge is -2.26. The lowest BCUT2D eigenvalue weighted by Crippen LogP contribution is -2.31. The van der Waals surface area contributed by atoms with Gasteiger partial charge in [-0.3, -0.25) is 0 Å². The molecule has 0 aromatic heterocycles. The summed E-state index contributed by atoms with van der Waals surface area (Å²) in [7, 11) is 1.70. The molecule has 0 spiro atoms. The van der Waals surface area contributed by atoms with Crippen LogP contribution in [0.5, 0.6) is 5.75 Å². The van der Waals surface area contributed by atoms with Crippen LogP contribution in [0.15, 0.2) is 24.3 Å². The summed E-state index contributed by atoms with van der Waals surface area (Å²) in [5.74, 6) is 0.944. The Labute approximate surface area is 103 Å². The van der Waals surface area contributed by atoms with Crippen molar-refractivity contribution in [2.45, 2.75) is 44.4 Å². The Kier molecular flexibility index (Phi) is 4.40. The van der Waals surface area contributed by atoms with Gasteiger partial charge in [-0.15, -0.1) is 0 Å². The molecule has 3 heteroatoms. The van der Waals surface area contributed by atoms with Crippen molar-refractivity contribution in [3.63, 3.8) is 0 Å². The van der Waals surface area contributed by atoms with Gasteiger partial charge in [0.2, 0.25) is 0 Å². The third-order valence-corrected chi connectivity index (χ3v) is 3.23. The van der Waals surface area contributed by atoms with Crippen LogP contribution in [0.1, 0.15) is 31.2 Å². The molecule has 1 aromatic carbocycles. The Balaban J connectivity index is 1.91. The van der Waals surface area contributed by atoms with Crippen molar-refractivity contribution in [1.29, 1.82) is 0 Å². The van der Waals surface area contributed by atoms with Crippen molar-refractivity contribution in [2.75, 3.05) is 7.11 Å². The topological polar surface area (TPSA) is 44.5 Å². The number of methoxy groups -OCH3 is 1. The summed E-state index contributed by atoms with van der Waals surface area (Å²) in [6, 6.07) is 8.49. The summed E-state index contributed by atoms with van der Waals surface area (Å²) in [5.41, 5.74) is 7.03. The minimum Gasteiger partial charge on any atom is -0.490 e. The summed E-state index contributed by atoms with van der Waals surface area (Å²) in [6.07, 6.45) is 4.60. The predicted molar refractivity (Wildman–Crippen MR) is 68.0 cm³/mol. The van der Waals surface area contributed by atoms with E-state index < -0.39 is 0 Å². The first kappa shape index (κ1) is 12.4. The number of ether oxygens (including phenoxy) is 2. The second kappa shape index (κ2) is 6.03. The maximum atomic E-state index is 5.98. The van der Waals surface area contributed by atoms with E-state index in [-0.39, 0.29) is 0 Å². The Hall–Kier alpha value is -1.06. The highest BCUT2D eigenvalue weighted by Crippen LogP contribution is 2.23. The van der Waals surface area contributed by atoms with E-state index in [9.17, 15) is 0 Å². The van der Waals surface area contributed by atoms with Crippen LogP contribution < -0.4 is 10.5 Å². The van der Waals surface area contributed by atoms with Crippen molar-refractivity contribution in [1.82, 2.24) is 0 Å². The maximum absolute atomic E-state index is 5.98. The minimum absolute atomic E-state index is 0.326. The quantitative estimate of drug-likeness (QED) is 0.872. The standard InChI is InChI=1S/C14H21NO2/c1-16-10-11-3-2-4-14(9-11)17-13-7-5-12(15)6-8-13/h2-4,9,12-13H,5-8,10,15H2,1H3. The van der Waals surface area contributed by atoms with Gasteiger partial charge in [0.15, 0.2) is 0 Å². The van der Waals surface area contributed by atoms with Gasteiger partial charge in [-0.2, -0.15) is 0 Å². The van der Waals surface area contributed by atoms with Gasteiger partial charge in [0.25, 0.3) is 0 Å². The van der Waals surface area contributed by atoms with Crippen LogP contribution >= 0.6 is 0 Å². The molecular weight excluding hydrogens is 214 g/mol. The number of rotatable bonds is 4. The molecular formula is C14H21NO2. The molecule has 17 heavy (non-hydrogen) atoms. The highest BCUT2D eigenvalue weighted by atomic mass is 16.5. The van der Waals surface area contributed by atoms with E-state index >= 15 is 0 Å². The summed E-state index contributed by atoms with van der Waals surface area (Å²) in [6.45, 7) is 0.632. The molecule has 0 saturated heterocycles. The van der Waals surface area contributed by atoms with E-state index in [4.69, 9.17) is 15.2 Å². The third kappa shape index (κ3) is 3.72. The molecule has 2 N–H and O–H groups in total. The van der Waals surface area contributed by atoms with E-state index in [1.165, 1.54) is 0 Å². The monoisotopic (exact) mass is 235 g/mol. The van der Waals surface area contributed by atoms with Crippen LogP contribution in [-0.2, 0) is 11.3 Å². The number of benzene rings is 1. The smallest absolute Gasteiger partial charge is 0.120 e. The van der Waals surface area contributed by atoms with Gasteiger partial charge >= 0.3 is 0 Å². The molecule has 1 aliphatic carbocycles. The lowest BCUT2D eigenvalue weighted by atomic mass is 9.94. The van der Waals surface area contributed by atoms with E-state index in [0.717, 1.165) is 37.0 Å². The van der Waals surface area contributed by atoms with Gasteiger partial charge in [-0.05, 0) is 43.4 Å². The number of hydrogen-bond acceptors (Lipinski definition) is 3. The Morgan fingerprint density at radius 2 is 2.00 bits per heavy atom. The zero-order valence-corrected chi connectivity index (χ0v) is 10.4. The molecule has 1 aliphatic rings. The van der Waals surface area contributed by atoms with Gasteiger partial charge in [0, 0.05) is 13.2 Å². The first-order valence-electron chi connectivity index (χ1n) is 6.28. The zero-order chi connectivity index (χ0) is 12.1. The summed E-state index contributed by atoms with van der Waals surface area (Å²) in [4.78, 5) is 0. The molecule has 0 heterocycles. The lowest BCUT2D eigenvalue weighted by molar-refractivity contribution is 0.146. The summed E-state index contributed by atoms with van der Waals surface area (Å²) < 4.78 is 11.1. The Morgan fingerprint density at radius 1 is 1.24 bits per heavy atom. The fraction of sp³-hybridized carbons (Fsp3) is 0.571. The Bertz CT molecular complexity index is 346. The highest BCUT2D eigenvalue weighted by molar-refractivity contribution is 5.28. The molecule has 0 amide bonds. The molecule has 1 fully saturated rings. The van der Waals surface area contributed by atoms with Crippen LogP contribution in [0.2, 0.25) is 0 Å². The molecule has 0 atom stereocenters. The molecule has 1 aromatic rings. The predicted octanol–water partition coefficient (Wildman–Crippen LogP) is 2.48. The second-order valence-corrected chi connectivity index (χ2v) is 4.74. The van der Waals surface area contributed by atoms with Crippen LogP contribution in [0.3, 0.4) is 0 Å². The molecule has 1 saturated carbocycles. The number of nitrogens with two attached hydrogens (primary N) is 1. The second-order valence-electron chi connectivity index (χ2n) is 4.74. The first-order valence-corrected chi connectivity index (χ1v) is 6.28. The molecule has 3 nitrogen and oxygen atoms in total. The van der Waals surface area contributed by atoms with Crippen LogP contribution in [0.4, 0.5) is 0 Å². The van der Waals surface area contributed by atoms with Gasteiger partial charge < -0.3 is 15.2 Å². The van der Waals surface area contributed by atoms with Gasteiger partial charge in [-0.25, -0.2) is 0 Å². The third-order valence-electron chi connectivity index (χ3n) is 3.23. The molecule has 2 rings (SSSR count). The van der Waals surface area contributed by atoms with E-state index in [2.05, 4.69) is 6.07 Å². The van der Waals surface area contributed by atoms with Crippen molar-refractivity contribution < 1.29 is 9.47 Å². The van der Waals surface area contributed by atoms with Gasteiger partial charge in [0.1, 0.15) is 5.75 Å². The van der Waals surface area contributed by atoms with E-state index in [0.29, 0.717) is 18.8 Å². The zero-order valence-electron chi connectivity index (χ0n) is 10.4. The molecule has 0 aliphatic heterocycles. The Morgan fingerprint density at radius 3 is 2.71 bits per heavy atom. The van der Waals surface area contributed by atoms with Gasteiger partial charge in [-0.1, -0.05) is 12.1 Å². The highest BCUT2D eigenvalue weighted by Gasteiger charge is 2.19. The largest absolute Gasteiger partial charge is 0.490 e. The molecule has 0 unspecified atom stereocenters. The average Bonchev–Trinajstić information content (AvgIpc) is 2.33. The summed E-state index contributed by atoms with van der Waals surface area (Å²) >= 11 is 0. The first-order chi connectivity index (χ1) is 8.28. The maximum Gasteiger partial charge on any atom is 0.120 e. The summed E-state index contributed by atoms with van der Waals surface area (Å²) in [5, 5.41) is 0. The van der Waals surface area contributed by atoms with Crippen molar-refractivity contribution >= 4 is 0 Å². The molecule has 94 valence electrons. The van der Waals surface area contributed by atoms with Crippen LogP contribution in [0, 0.1) is 0 Å². The van der Waals surface area contributed by atoms with Gasteiger partial charge in [0.05, 0.1) is 12.7 Å².